The standard InChI is InChI=1S/C12H22O7/c13-5-10-12(16)9(15)4-11(19-10)18-6-8-3-7(14)1-2-17-8/h7-16H,1-6H2/t7-,8+,9-,10-,11-,12+/m1/s1. The molecule has 0 unspecified atom stereocenters. The molecule has 0 bridgehead atoms. The first-order valence-corrected chi connectivity index (χ1v) is 6.64. The lowest BCUT2D eigenvalue weighted by molar-refractivity contribution is -0.264. The number of hydrogen-bond donors (Lipinski definition) is 4. The molecular formula is C12H22O7. The van der Waals surface area contributed by atoms with Gasteiger partial charge in [-0.3, -0.25) is 0 Å². The van der Waals surface area contributed by atoms with Crippen LogP contribution in [0.3, 0.4) is 0 Å². The third-order valence-corrected chi connectivity index (χ3v) is 3.52. The number of ether oxygens (including phenoxy) is 3. The summed E-state index contributed by atoms with van der Waals surface area (Å²) in [5.74, 6) is 0. The molecule has 2 heterocycles. The van der Waals surface area contributed by atoms with Crippen LogP contribution in [0.25, 0.3) is 0 Å². The highest BCUT2D eigenvalue weighted by atomic mass is 16.7. The lowest BCUT2D eigenvalue weighted by Crippen LogP contribution is -2.51. The lowest BCUT2D eigenvalue weighted by Gasteiger charge is -2.37. The predicted molar refractivity (Wildman–Crippen MR) is 63.3 cm³/mol. The Labute approximate surface area is 111 Å². The monoisotopic (exact) mass is 278 g/mol. The van der Waals surface area contributed by atoms with Gasteiger partial charge in [0.2, 0.25) is 0 Å². The van der Waals surface area contributed by atoms with Crippen molar-refractivity contribution in [3.63, 3.8) is 0 Å². The van der Waals surface area contributed by atoms with E-state index in [4.69, 9.17) is 19.3 Å². The Balaban J connectivity index is 1.76. The summed E-state index contributed by atoms with van der Waals surface area (Å²) in [5, 5.41) is 37.7. The van der Waals surface area contributed by atoms with E-state index in [2.05, 4.69) is 0 Å². The topological polar surface area (TPSA) is 109 Å². The third kappa shape index (κ3) is 4.09. The molecule has 0 aromatic carbocycles. The zero-order valence-corrected chi connectivity index (χ0v) is 10.7. The average Bonchev–Trinajstić information content (AvgIpc) is 2.40. The first kappa shape index (κ1) is 15.1. The number of aliphatic hydroxyl groups is 4. The van der Waals surface area contributed by atoms with Crippen molar-refractivity contribution < 1.29 is 34.6 Å². The Bertz CT molecular complexity index is 275. The van der Waals surface area contributed by atoms with Gasteiger partial charge in [-0.1, -0.05) is 0 Å². The summed E-state index contributed by atoms with van der Waals surface area (Å²) in [6.07, 6.45) is -2.87. The predicted octanol–water partition coefficient (Wildman–Crippen LogP) is -1.63. The minimum Gasteiger partial charge on any atom is -0.394 e. The highest BCUT2D eigenvalue weighted by Gasteiger charge is 2.37. The van der Waals surface area contributed by atoms with E-state index in [0.29, 0.717) is 19.4 Å². The number of aliphatic hydroxyl groups excluding tert-OH is 4. The molecule has 0 radical (unpaired) electrons. The van der Waals surface area contributed by atoms with Crippen LogP contribution in [0.15, 0.2) is 0 Å². The molecule has 0 aromatic rings. The molecule has 0 spiro atoms. The smallest absolute Gasteiger partial charge is 0.160 e. The summed E-state index contributed by atoms with van der Waals surface area (Å²) in [7, 11) is 0. The van der Waals surface area contributed by atoms with Crippen LogP contribution in [0.4, 0.5) is 0 Å². The van der Waals surface area contributed by atoms with Crippen LogP contribution in [0.5, 0.6) is 0 Å². The average molecular weight is 278 g/mol. The van der Waals surface area contributed by atoms with Gasteiger partial charge in [-0.15, -0.1) is 0 Å². The molecule has 19 heavy (non-hydrogen) atoms. The van der Waals surface area contributed by atoms with Gasteiger partial charge in [-0.05, 0) is 6.42 Å². The maximum Gasteiger partial charge on any atom is 0.160 e. The minimum absolute atomic E-state index is 0.146. The van der Waals surface area contributed by atoms with E-state index < -0.39 is 24.6 Å². The van der Waals surface area contributed by atoms with Crippen LogP contribution in [0.1, 0.15) is 19.3 Å². The summed E-state index contributed by atoms with van der Waals surface area (Å²) >= 11 is 0. The van der Waals surface area contributed by atoms with E-state index in [1.54, 1.807) is 0 Å². The number of rotatable bonds is 4. The molecule has 2 aliphatic heterocycles. The zero-order valence-electron chi connectivity index (χ0n) is 10.7. The van der Waals surface area contributed by atoms with Gasteiger partial charge in [0.25, 0.3) is 0 Å². The normalized spacial score (nSPS) is 44.2. The van der Waals surface area contributed by atoms with Crippen molar-refractivity contribution in [2.24, 2.45) is 0 Å². The molecule has 0 aromatic heterocycles. The van der Waals surface area contributed by atoms with Crippen LogP contribution in [-0.4, -0.2) is 77.1 Å². The van der Waals surface area contributed by atoms with Crippen LogP contribution in [0.2, 0.25) is 0 Å². The maximum absolute atomic E-state index is 9.64. The van der Waals surface area contributed by atoms with Crippen molar-refractivity contribution in [1.29, 1.82) is 0 Å². The molecule has 0 saturated carbocycles. The molecule has 6 atom stereocenters. The van der Waals surface area contributed by atoms with Crippen molar-refractivity contribution in [3.8, 4) is 0 Å². The largest absolute Gasteiger partial charge is 0.394 e. The van der Waals surface area contributed by atoms with Gasteiger partial charge in [0.1, 0.15) is 12.2 Å². The van der Waals surface area contributed by atoms with E-state index in [9.17, 15) is 15.3 Å². The fraction of sp³-hybridized carbons (Fsp3) is 1.00. The molecule has 2 aliphatic rings. The van der Waals surface area contributed by atoms with Gasteiger partial charge in [0.15, 0.2) is 6.29 Å². The Hall–Kier alpha value is -0.280. The molecule has 0 aliphatic carbocycles. The van der Waals surface area contributed by atoms with E-state index in [1.807, 2.05) is 0 Å². The first-order valence-electron chi connectivity index (χ1n) is 6.64. The van der Waals surface area contributed by atoms with Crippen molar-refractivity contribution >= 4 is 0 Å². The Morgan fingerprint density at radius 2 is 1.95 bits per heavy atom. The molecule has 2 rings (SSSR count). The summed E-state index contributed by atoms with van der Waals surface area (Å²) in [5.41, 5.74) is 0. The zero-order chi connectivity index (χ0) is 13.8. The quantitative estimate of drug-likeness (QED) is 0.489. The molecule has 112 valence electrons. The van der Waals surface area contributed by atoms with Gasteiger partial charge < -0.3 is 34.6 Å². The van der Waals surface area contributed by atoms with Crippen molar-refractivity contribution in [2.75, 3.05) is 19.8 Å². The highest BCUT2D eigenvalue weighted by molar-refractivity contribution is 4.82. The maximum atomic E-state index is 9.64. The van der Waals surface area contributed by atoms with Crippen LogP contribution >= 0.6 is 0 Å². The Kier molecular flexibility index (Phi) is 5.52. The molecular weight excluding hydrogens is 256 g/mol. The van der Waals surface area contributed by atoms with Crippen LogP contribution < -0.4 is 0 Å². The summed E-state index contributed by atoms with van der Waals surface area (Å²) in [6, 6.07) is 0. The SMILES string of the molecule is OC[C@H]1O[C@@H](OC[C@@H]2C[C@H](O)CCO2)C[C@@H](O)[C@@H]1O. The van der Waals surface area contributed by atoms with E-state index in [1.165, 1.54) is 0 Å². The fourth-order valence-electron chi connectivity index (χ4n) is 2.36. The van der Waals surface area contributed by atoms with E-state index in [0.717, 1.165) is 0 Å². The second kappa shape index (κ2) is 6.94. The summed E-state index contributed by atoms with van der Waals surface area (Å²) < 4.78 is 16.3. The molecule has 2 fully saturated rings. The number of hydrogen-bond acceptors (Lipinski definition) is 7. The molecule has 7 heteroatoms. The second-order valence-corrected chi connectivity index (χ2v) is 5.08. The van der Waals surface area contributed by atoms with Crippen molar-refractivity contribution in [2.45, 2.75) is 56.1 Å². The molecule has 2 saturated heterocycles. The fourth-order valence-corrected chi connectivity index (χ4v) is 2.36. The lowest BCUT2D eigenvalue weighted by atomic mass is 10.0. The third-order valence-electron chi connectivity index (χ3n) is 3.52. The van der Waals surface area contributed by atoms with E-state index >= 15 is 0 Å². The molecule has 4 N–H and O–H groups in total. The van der Waals surface area contributed by atoms with Crippen LogP contribution in [-0.2, 0) is 14.2 Å². The van der Waals surface area contributed by atoms with E-state index in [-0.39, 0.29) is 31.8 Å². The molecule has 7 nitrogen and oxygen atoms in total. The Morgan fingerprint density at radius 3 is 2.63 bits per heavy atom. The van der Waals surface area contributed by atoms with Gasteiger partial charge in [0.05, 0.1) is 31.5 Å². The van der Waals surface area contributed by atoms with Gasteiger partial charge >= 0.3 is 0 Å². The van der Waals surface area contributed by atoms with Crippen LogP contribution in [0, 0.1) is 0 Å². The molecule has 0 amide bonds. The van der Waals surface area contributed by atoms with Gasteiger partial charge in [0, 0.05) is 19.4 Å². The summed E-state index contributed by atoms with van der Waals surface area (Å²) in [6.45, 7) is 0.376. The van der Waals surface area contributed by atoms with Gasteiger partial charge in [-0.2, -0.15) is 0 Å². The first-order chi connectivity index (χ1) is 9.10. The van der Waals surface area contributed by atoms with Crippen molar-refractivity contribution in [1.82, 2.24) is 0 Å². The second-order valence-electron chi connectivity index (χ2n) is 5.08. The minimum atomic E-state index is -1.10. The highest BCUT2D eigenvalue weighted by Crippen LogP contribution is 2.22. The Morgan fingerprint density at radius 1 is 1.16 bits per heavy atom. The van der Waals surface area contributed by atoms with Crippen molar-refractivity contribution in [3.05, 3.63) is 0 Å². The van der Waals surface area contributed by atoms with Gasteiger partial charge in [-0.25, -0.2) is 0 Å². The summed E-state index contributed by atoms with van der Waals surface area (Å²) in [4.78, 5) is 0.